The van der Waals surface area contributed by atoms with Crippen LogP contribution < -0.4 is 0 Å². The Bertz CT molecular complexity index is 875. The molecule has 268 valence electrons. The highest BCUT2D eigenvalue weighted by Gasteiger charge is 2.37. The van der Waals surface area contributed by atoms with Crippen LogP contribution in [0.15, 0.2) is 11.6 Å². The number of hydrogen-bond acceptors (Lipinski definition) is 8. The van der Waals surface area contributed by atoms with Crippen molar-refractivity contribution in [3.05, 3.63) is 11.6 Å². The normalized spacial score (nSPS) is 28.2. The number of carbonyl (C=O) groups is 1. The Morgan fingerprint density at radius 3 is 1.91 bits per heavy atom. The van der Waals surface area contributed by atoms with Gasteiger partial charge in [-0.05, 0) is 71.8 Å². The van der Waals surface area contributed by atoms with Gasteiger partial charge in [0.05, 0.1) is 42.7 Å². The highest BCUT2D eigenvalue weighted by molar-refractivity contribution is 5.90. The number of esters is 1. The van der Waals surface area contributed by atoms with E-state index in [2.05, 4.69) is 6.92 Å². The number of carbonyl (C=O) groups excluding carboxylic acids is 1. The quantitative estimate of drug-likeness (QED) is 0.0714. The largest absolute Gasteiger partial charge is 0.455 e. The average molecular weight is 653 g/mol. The fourth-order valence-corrected chi connectivity index (χ4v) is 7.46. The molecule has 46 heavy (non-hydrogen) atoms. The van der Waals surface area contributed by atoms with Crippen molar-refractivity contribution in [2.45, 2.75) is 224 Å². The molecule has 8 nitrogen and oxygen atoms in total. The van der Waals surface area contributed by atoms with Crippen LogP contribution in [-0.4, -0.2) is 75.9 Å². The Hall–Kier alpha value is -1.03. The molecule has 8 atom stereocenters. The second-order valence-corrected chi connectivity index (χ2v) is 14.9. The summed E-state index contributed by atoms with van der Waals surface area (Å²) in [5.74, 6) is -0.968. The van der Waals surface area contributed by atoms with Crippen LogP contribution >= 0.6 is 0 Å². The fourth-order valence-electron chi connectivity index (χ4n) is 7.46. The van der Waals surface area contributed by atoms with E-state index in [0.29, 0.717) is 24.8 Å². The lowest BCUT2D eigenvalue weighted by molar-refractivity contribution is -0.302. The van der Waals surface area contributed by atoms with Gasteiger partial charge in [0, 0.05) is 18.4 Å². The Labute approximate surface area is 280 Å². The molecule has 0 aromatic carbocycles. The Kier molecular flexibility index (Phi) is 18.1. The molecule has 0 aromatic rings. The van der Waals surface area contributed by atoms with Gasteiger partial charge in [0.15, 0.2) is 5.79 Å². The van der Waals surface area contributed by atoms with Crippen molar-refractivity contribution in [2.24, 2.45) is 0 Å². The van der Waals surface area contributed by atoms with Crippen LogP contribution in [0.5, 0.6) is 0 Å². The number of cyclic esters (lactones) is 1. The summed E-state index contributed by atoms with van der Waals surface area (Å²) in [5, 5.41) is 32.0. The van der Waals surface area contributed by atoms with Crippen molar-refractivity contribution < 1.29 is 39.1 Å². The highest BCUT2D eigenvalue weighted by atomic mass is 16.7. The maximum absolute atomic E-state index is 11.8. The summed E-state index contributed by atoms with van der Waals surface area (Å²) in [7, 11) is 0. The monoisotopic (exact) mass is 652 g/mol. The second kappa shape index (κ2) is 21.1. The first kappa shape index (κ1) is 39.4. The van der Waals surface area contributed by atoms with E-state index in [1.54, 1.807) is 6.08 Å². The van der Waals surface area contributed by atoms with Crippen LogP contribution in [0.25, 0.3) is 0 Å². The van der Waals surface area contributed by atoms with Crippen molar-refractivity contribution in [3.63, 3.8) is 0 Å². The summed E-state index contributed by atoms with van der Waals surface area (Å²) in [6, 6.07) is 0. The van der Waals surface area contributed by atoms with Crippen molar-refractivity contribution in [3.8, 4) is 0 Å². The first-order valence-electron chi connectivity index (χ1n) is 19.0. The first-order valence-corrected chi connectivity index (χ1v) is 19.0. The van der Waals surface area contributed by atoms with E-state index in [1.165, 1.54) is 57.8 Å². The minimum absolute atomic E-state index is 0.0196. The van der Waals surface area contributed by atoms with Crippen LogP contribution in [0, 0.1) is 0 Å². The number of ether oxygens (including phenoxy) is 4. The van der Waals surface area contributed by atoms with E-state index in [0.717, 1.165) is 64.2 Å². The van der Waals surface area contributed by atoms with Gasteiger partial charge in [-0.25, -0.2) is 4.79 Å². The van der Waals surface area contributed by atoms with E-state index in [4.69, 9.17) is 18.9 Å². The van der Waals surface area contributed by atoms with Crippen molar-refractivity contribution in [2.75, 3.05) is 0 Å². The van der Waals surface area contributed by atoms with Crippen LogP contribution in [0.1, 0.15) is 169 Å². The van der Waals surface area contributed by atoms with Gasteiger partial charge in [-0.1, -0.05) is 90.4 Å². The molecule has 0 spiro atoms. The molecule has 0 aromatic heterocycles. The summed E-state index contributed by atoms with van der Waals surface area (Å²) in [6.07, 6.45) is 22.1. The smallest absolute Gasteiger partial charge is 0.334 e. The predicted molar refractivity (Wildman–Crippen MR) is 181 cm³/mol. The Morgan fingerprint density at radius 2 is 1.30 bits per heavy atom. The molecule has 0 aliphatic carbocycles. The standard InChI is InChI=1S/C38H68O8/c1-5-6-7-8-9-10-11-12-13-17-20-33(40)35-23-24-36(44-35)34(41)22-21-32-27-31(45-38(3,4)46-32)19-16-14-15-18-30(39)26-29-25-28(2)43-37(29)42/h25,28,30-36,39-41H,5-24,26-27H2,1-4H3/t28-,30+,31+,32-,33-,34+,35+,36+/m0/s1. The lowest BCUT2D eigenvalue weighted by atomic mass is 9.96. The van der Waals surface area contributed by atoms with Gasteiger partial charge in [0.25, 0.3) is 0 Å². The van der Waals surface area contributed by atoms with Crippen LogP contribution in [0.3, 0.4) is 0 Å². The highest BCUT2D eigenvalue weighted by Crippen LogP contribution is 2.33. The summed E-state index contributed by atoms with van der Waals surface area (Å²) < 4.78 is 23.7. The van der Waals surface area contributed by atoms with Crippen molar-refractivity contribution in [1.82, 2.24) is 0 Å². The van der Waals surface area contributed by atoms with Crippen LogP contribution in [0.4, 0.5) is 0 Å². The van der Waals surface area contributed by atoms with Crippen LogP contribution in [0.2, 0.25) is 0 Å². The molecule has 0 saturated carbocycles. The van der Waals surface area contributed by atoms with E-state index in [-0.39, 0.29) is 36.5 Å². The van der Waals surface area contributed by atoms with Gasteiger partial charge >= 0.3 is 5.97 Å². The molecule has 0 radical (unpaired) electrons. The molecule has 2 saturated heterocycles. The van der Waals surface area contributed by atoms with Gasteiger partial charge in [0.1, 0.15) is 6.10 Å². The molecule has 3 N–H and O–H groups in total. The van der Waals surface area contributed by atoms with Crippen molar-refractivity contribution in [1.29, 1.82) is 0 Å². The maximum Gasteiger partial charge on any atom is 0.334 e. The minimum Gasteiger partial charge on any atom is -0.455 e. The van der Waals surface area contributed by atoms with Crippen LogP contribution in [-0.2, 0) is 23.7 Å². The van der Waals surface area contributed by atoms with E-state index >= 15 is 0 Å². The molecule has 3 aliphatic rings. The third-order valence-electron chi connectivity index (χ3n) is 10.0. The molecule has 8 heteroatoms. The maximum atomic E-state index is 11.8. The molecule has 3 heterocycles. The van der Waals surface area contributed by atoms with Gasteiger partial charge in [-0.15, -0.1) is 0 Å². The molecule has 0 amide bonds. The van der Waals surface area contributed by atoms with Gasteiger partial charge < -0.3 is 34.3 Å². The summed E-state index contributed by atoms with van der Waals surface area (Å²) in [4.78, 5) is 11.8. The summed E-state index contributed by atoms with van der Waals surface area (Å²) >= 11 is 0. The van der Waals surface area contributed by atoms with Gasteiger partial charge in [0.2, 0.25) is 0 Å². The topological polar surface area (TPSA) is 115 Å². The number of aliphatic hydroxyl groups excluding tert-OH is 3. The number of unbranched alkanes of at least 4 members (excludes halogenated alkanes) is 11. The molecule has 0 bridgehead atoms. The first-order chi connectivity index (χ1) is 22.1. The number of hydrogen-bond donors (Lipinski definition) is 3. The zero-order valence-electron chi connectivity index (χ0n) is 29.6. The molecule has 3 rings (SSSR count). The SMILES string of the molecule is CCCCCCCCCCCC[C@H](O)[C@H]1CC[C@H]([C@H](O)CC[C@H]2C[C@@H](CCCCC[C@@H](O)CC3=C[C@H](C)OC3=O)OC(C)(C)O2)O1. The lowest BCUT2D eigenvalue weighted by Gasteiger charge is -2.41. The molecular formula is C38H68O8. The third-order valence-corrected chi connectivity index (χ3v) is 10.0. The van der Waals surface area contributed by atoms with Gasteiger partial charge in [-0.2, -0.15) is 0 Å². The fraction of sp³-hybridized carbons (Fsp3) is 0.921. The lowest BCUT2D eigenvalue weighted by Crippen LogP contribution is -2.45. The molecular weight excluding hydrogens is 584 g/mol. The molecule has 2 fully saturated rings. The molecule has 0 unspecified atom stereocenters. The summed E-state index contributed by atoms with van der Waals surface area (Å²) in [5.41, 5.74) is 0.588. The zero-order valence-corrected chi connectivity index (χ0v) is 29.6. The van der Waals surface area contributed by atoms with Crippen molar-refractivity contribution >= 4 is 5.97 Å². The predicted octanol–water partition coefficient (Wildman–Crippen LogP) is 7.83. The Morgan fingerprint density at radius 1 is 0.761 bits per heavy atom. The molecule has 3 aliphatic heterocycles. The third kappa shape index (κ3) is 15.0. The summed E-state index contributed by atoms with van der Waals surface area (Å²) in [6.45, 7) is 8.01. The number of aliphatic hydroxyl groups is 3. The van der Waals surface area contributed by atoms with E-state index < -0.39 is 24.1 Å². The van der Waals surface area contributed by atoms with Gasteiger partial charge in [-0.3, -0.25) is 0 Å². The Balaban J connectivity index is 1.25. The average Bonchev–Trinajstić information content (AvgIpc) is 3.62. The van der Waals surface area contributed by atoms with E-state index in [1.807, 2.05) is 20.8 Å². The second-order valence-electron chi connectivity index (χ2n) is 14.9. The van der Waals surface area contributed by atoms with E-state index in [9.17, 15) is 20.1 Å². The number of rotatable bonds is 24. The minimum atomic E-state index is -0.664. The zero-order chi connectivity index (χ0) is 33.4.